The second-order valence-electron chi connectivity index (χ2n) is 7.48. The maximum Gasteiger partial charge on any atom is 0.273 e. The summed E-state index contributed by atoms with van der Waals surface area (Å²) in [6.07, 6.45) is 0.851. The number of benzene rings is 2. The number of hydrogen-bond donors (Lipinski definition) is 1. The van der Waals surface area contributed by atoms with Gasteiger partial charge < -0.3 is 10.2 Å². The third kappa shape index (κ3) is 5.32. The Morgan fingerprint density at radius 1 is 1.10 bits per heavy atom. The molecule has 3 rings (SSSR count). The number of nitrogens with zero attached hydrogens (tertiary/aromatic N) is 3. The summed E-state index contributed by atoms with van der Waals surface area (Å²) in [5, 5.41) is 13.9. The summed E-state index contributed by atoms with van der Waals surface area (Å²) in [6, 6.07) is 13.2. The molecule has 1 N–H and O–H groups in total. The van der Waals surface area contributed by atoms with Crippen molar-refractivity contribution in [3.8, 4) is 0 Å². The van der Waals surface area contributed by atoms with Crippen LogP contribution in [0.15, 0.2) is 42.5 Å². The summed E-state index contributed by atoms with van der Waals surface area (Å²) in [4.78, 5) is 27.8. The maximum absolute atomic E-state index is 12.4. The highest BCUT2D eigenvalue weighted by Gasteiger charge is 2.19. The van der Waals surface area contributed by atoms with Gasteiger partial charge in [-0.05, 0) is 50.6 Å². The Kier molecular flexibility index (Phi) is 6.82. The van der Waals surface area contributed by atoms with E-state index >= 15 is 0 Å². The minimum Gasteiger partial charge on any atom is -0.369 e. The predicted molar refractivity (Wildman–Crippen MR) is 115 cm³/mol. The highest BCUT2D eigenvalue weighted by Crippen LogP contribution is 2.21. The fourth-order valence-electron chi connectivity index (χ4n) is 3.72. The minimum atomic E-state index is -0.456. The summed E-state index contributed by atoms with van der Waals surface area (Å²) in [7, 11) is 0. The standard InChI is InChI=1S/C22H28N4O3/c1-17-6-3-7-19(16-17)25-14-12-24(13-15-25)11-5-10-23-22(27)20-8-4-9-21(18(20)2)26(28)29/h3-4,6-9,16H,5,10-15H2,1-2H3,(H,23,27). The second-order valence-corrected chi connectivity index (χ2v) is 7.48. The first-order valence-electron chi connectivity index (χ1n) is 10.0. The molecule has 2 aromatic rings. The number of piperazine rings is 1. The van der Waals surface area contributed by atoms with Crippen LogP contribution in [-0.4, -0.2) is 55.0 Å². The van der Waals surface area contributed by atoms with E-state index in [0.29, 0.717) is 17.7 Å². The molecule has 0 unspecified atom stereocenters. The molecule has 1 aliphatic rings. The molecule has 0 atom stereocenters. The van der Waals surface area contributed by atoms with Crippen molar-refractivity contribution >= 4 is 17.3 Å². The quantitative estimate of drug-likeness (QED) is 0.442. The van der Waals surface area contributed by atoms with Crippen LogP contribution in [0.1, 0.15) is 27.9 Å². The molecule has 7 nitrogen and oxygen atoms in total. The molecular weight excluding hydrogens is 368 g/mol. The number of nitro groups is 1. The zero-order chi connectivity index (χ0) is 20.8. The van der Waals surface area contributed by atoms with Crippen molar-refractivity contribution in [2.24, 2.45) is 0 Å². The number of anilines is 1. The third-order valence-electron chi connectivity index (χ3n) is 5.42. The summed E-state index contributed by atoms with van der Waals surface area (Å²) >= 11 is 0. The number of nitrogens with one attached hydrogen (secondary N) is 1. The molecule has 1 saturated heterocycles. The van der Waals surface area contributed by atoms with Crippen molar-refractivity contribution in [1.82, 2.24) is 10.2 Å². The van der Waals surface area contributed by atoms with Crippen LogP contribution in [0.2, 0.25) is 0 Å². The van der Waals surface area contributed by atoms with Crippen molar-refractivity contribution in [2.75, 3.05) is 44.2 Å². The lowest BCUT2D eigenvalue weighted by Crippen LogP contribution is -2.47. The molecule has 0 spiro atoms. The van der Waals surface area contributed by atoms with Crippen molar-refractivity contribution < 1.29 is 9.72 Å². The number of nitro benzene ring substituents is 1. The number of hydrogen-bond acceptors (Lipinski definition) is 5. The molecule has 0 radical (unpaired) electrons. The average Bonchev–Trinajstić information content (AvgIpc) is 2.71. The molecule has 0 aliphatic carbocycles. The zero-order valence-corrected chi connectivity index (χ0v) is 17.1. The van der Waals surface area contributed by atoms with Gasteiger partial charge in [-0.1, -0.05) is 18.2 Å². The SMILES string of the molecule is Cc1cccc(N2CCN(CCCNC(=O)c3cccc([N+](=O)[O-])c3C)CC2)c1. The van der Waals surface area contributed by atoms with Gasteiger partial charge in [0.25, 0.3) is 11.6 Å². The fourth-order valence-corrected chi connectivity index (χ4v) is 3.72. The molecule has 2 aromatic carbocycles. The third-order valence-corrected chi connectivity index (χ3v) is 5.42. The normalized spacial score (nSPS) is 14.6. The number of aryl methyl sites for hydroxylation is 1. The maximum atomic E-state index is 12.4. The number of carbonyl (C=O) groups is 1. The summed E-state index contributed by atoms with van der Waals surface area (Å²) < 4.78 is 0. The predicted octanol–water partition coefficient (Wildman–Crippen LogP) is 3.15. The molecule has 1 fully saturated rings. The first kappa shape index (κ1) is 20.8. The lowest BCUT2D eigenvalue weighted by Gasteiger charge is -2.36. The van der Waals surface area contributed by atoms with E-state index in [9.17, 15) is 14.9 Å². The number of rotatable bonds is 7. The van der Waals surface area contributed by atoms with Gasteiger partial charge in [0.1, 0.15) is 0 Å². The average molecular weight is 396 g/mol. The topological polar surface area (TPSA) is 78.7 Å². The Labute approximate surface area is 171 Å². The van der Waals surface area contributed by atoms with Crippen molar-refractivity contribution in [2.45, 2.75) is 20.3 Å². The largest absolute Gasteiger partial charge is 0.369 e. The van der Waals surface area contributed by atoms with Crippen LogP contribution in [0.4, 0.5) is 11.4 Å². The van der Waals surface area contributed by atoms with Crippen molar-refractivity contribution in [3.63, 3.8) is 0 Å². The van der Waals surface area contributed by atoms with E-state index in [1.807, 2.05) is 0 Å². The van der Waals surface area contributed by atoms with Crippen LogP contribution in [0.3, 0.4) is 0 Å². The van der Waals surface area contributed by atoms with Crippen molar-refractivity contribution in [3.05, 3.63) is 69.3 Å². The molecule has 0 bridgehead atoms. The van der Waals surface area contributed by atoms with Crippen LogP contribution >= 0.6 is 0 Å². The van der Waals surface area contributed by atoms with Gasteiger partial charge in [0.2, 0.25) is 0 Å². The zero-order valence-electron chi connectivity index (χ0n) is 17.1. The Hall–Kier alpha value is -2.93. The molecule has 7 heteroatoms. The van der Waals surface area contributed by atoms with E-state index in [1.165, 1.54) is 17.3 Å². The lowest BCUT2D eigenvalue weighted by atomic mass is 10.1. The number of carbonyl (C=O) groups excluding carboxylic acids is 1. The smallest absolute Gasteiger partial charge is 0.273 e. The fraction of sp³-hybridized carbons (Fsp3) is 0.409. The van der Waals surface area contributed by atoms with E-state index in [0.717, 1.165) is 39.1 Å². The summed E-state index contributed by atoms with van der Waals surface area (Å²) in [5.41, 5.74) is 3.31. The van der Waals surface area contributed by atoms with Gasteiger partial charge in [-0.2, -0.15) is 0 Å². The first-order chi connectivity index (χ1) is 14.0. The Balaban J connectivity index is 1.41. The number of amides is 1. The minimum absolute atomic E-state index is 0.0240. The van der Waals surface area contributed by atoms with E-state index in [2.05, 4.69) is 46.3 Å². The van der Waals surface area contributed by atoms with Gasteiger partial charge in [-0.25, -0.2) is 0 Å². The van der Waals surface area contributed by atoms with Gasteiger partial charge >= 0.3 is 0 Å². The van der Waals surface area contributed by atoms with Crippen LogP contribution < -0.4 is 10.2 Å². The molecule has 154 valence electrons. The molecule has 1 aliphatic heterocycles. The summed E-state index contributed by atoms with van der Waals surface area (Å²) in [5.74, 6) is -0.254. The molecule has 1 amide bonds. The van der Waals surface area contributed by atoms with Crippen molar-refractivity contribution in [1.29, 1.82) is 0 Å². The van der Waals surface area contributed by atoms with Gasteiger partial charge in [-0.3, -0.25) is 19.8 Å². The molecule has 1 heterocycles. The van der Waals surface area contributed by atoms with Crippen LogP contribution in [0.25, 0.3) is 0 Å². The molecular formula is C22H28N4O3. The van der Waals surface area contributed by atoms with Crippen LogP contribution in [0.5, 0.6) is 0 Å². The summed E-state index contributed by atoms with van der Waals surface area (Å²) in [6.45, 7) is 9.22. The Bertz CT molecular complexity index is 876. The Morgan fingerprint density at radius 2 is 1.83 bits per heavy atom. The molecule has 29 heavy (non-hydrogen) atoms. The molecule has 0 saturated carbocycles. The highest BCUT2D eigenvalue weighted by atomic mass is 16.6. The first-order valence-corrected chi connectivity index (χ1v) is 10.0. The van der Waals surface area contributed by atoms with Gasteiger partial charge in [-0.15, -0.1) is 0 Å². The Morgan fingerprint density at radius 3 is 2.52 bits per heavy atom. The van der Waals surface area contributed by atoms with Crippen LogP contribution in [-0.2, 0) is 0 Å². The molecule has 0 aromatic heterocycles. The van der Waals surface area contributed by atoms with E-state index in [1.54, 1.807) is 19.1 Å². The van der Waals surface area contributed by atoms with E-state index < -0.39 is 4.92 Å². The van der Waals surface area contributed by atoms with Gasteiger partial charge in [0.15, 0.2) is 0 Å². The van der Waals surface area contributed by atoms with E-state index in [-0.39, 0.29) is 11.6 Å². The van der Waals surface area contributed by atoms with Gasteiger partial charge in [0, 0.05) is 55.6 Å². The van der Waals surface area contributed by atoms with E-state index in [4.69, 9.17) is 0 Å². The monoisotopic (exact) mass is 396 g/mol. The van der Waals surface area contributed by atoms with Gasteiger partial charge in [0.05, 0.1) is 4.92 Å². The lowest BCUT2D eigenvalue weighted by molar-refractivity contribution is -0.385. The van der Waals surface area contributed by atoms with Crippen LogP contribution in [0, 0.1) is 24.0 Å². The highest BCUT2D eigenvalue weighted by molar-refractivity contribution is 5.96. The second kappa shape index (κ2) is 9.52.